The van der Waals surface area contributed by atoms with Crippen molar-refractivity contribution in [3.8, 4) is 5.75 Å². The van der Waals surface area contributed by atoms with Gasteiger partial charge in [0, 0.05) is 11.6 Å². The predicted molar refractivity (Wildman–Crippen MR) is 86.8 cm³/mol. The molecule has 2 N–H and O–H groups in total. The quantitative estimate of drug-likeness (QED) is 0.713. The van der Waals surface area contributed by atoms with Crippen LogP contribution in [0.4, 0.5) is 4.39 Å². The number of benzene rings is 2. The van der Waals surface area contributed by atoms with Crippen LogP contribution in [0.5, 0.6) is 5.75 Å². The SMILES string of the molecule is O[B]C=Cc1cccc(F)c1.Oc1cccc2cccnc12. The van der Waals surface area contributed by atoms with Crippen molar-refractivity contribution in [2.45, 2.75) is 0 Å². The number of nitrogens with zero attached hydrogens (tertiary/aromatic N) is 1. The molecule has 0 aliphatic rings. The molecule has 1 aromatic heterocycles. The van der Waals surface area contributed by atoms with E-state index < -0.39 is 0 Å². The van der Waals surface area contributed by atoms with Crippen molar-refractivity contribution in [2.24, 2.45) is 0 Å². The second-order valence-electron chi connectivity index (χ2n) is 4.42. The van der Waals surface area contributed by atoms with Crippen LogP contribution in [0.25, 0.3) is 17.0 Å². The lowest BCUT2D eigenvalue weighted by atomic mass is 10.0. The first kappa shape index (κ1) is 15.7. The van der Waals surface area contributed by atoms with Crippen LogP contribution in [0.3, 0.4) is 0 Å². The van der Waals surface area contributed by atoms with Crippen molar-refractivity contribution in [1.82, 2.24) is 4.98 Å². The molecule has 5 heteroatoms. The molecule has 0 bridgehead atoms. The van der Waals surface area contributed by atoms with Crippen molar-refractivity contribution in [2.75, 3.05) is 0 Å². The molecule has 0 fully saturated rings. The maximum absolute atomic E-state index is 12.5. The number of rotatable bonds is 2. The number of phenols is 1. The van der Waals surface area contributed by atoms with Crippen LogP contribution in [0.2, 0.25) is 0 Å². The van der Waals surface area contributed by atoms with Gasteiger partial charge in [-0.1, -0.05) is 42.4 Å². The summed E-state index contributed by atoms with van der Waals surface area (Å²) in [7, 11) is 0.908. The van der Waals surface area contributed by atoms with Crippen LogP contribution in [0.15, 0.2) is 66.8 Å². The smallest absolute Gasteiger partial charge is 0.318 e. The zero-order chi connectivity index (χ0) is 15.8. The molecule has 0 atom stereocenters. The minimum atomic E-state index is -0.273. The van der Waals surface area contributed by atoms with Crippen LogP contribution >= 0.6 is 0 Å². The number of para-hydroxylation sites is 1. The third-order valence-electron chi connectivity index (χ3n) is 2.83. The van der Waals surface area contributed by atoms with Gasteiger partial charge in [-0.2, -0.15) is 0 Å². The predicted octanol–water partition coefficient (Wildman–Crippen LogP) is 3.35. The molecule has 0 spiro atoms. The van der Waals surface area contributed by atoms with Gasteiger partial charge in [-0.15, -0.1) is 0 Å². The Kier molecular flexibility index (Phi) is 5.69. The largest absolute Gasteiger partial charge is 0.506 e. The normalized spacial score (nSPS) is 10.3. The molecule has 3 aromatic rings. The topological polar surface area (TPSA) is 53.4 Å². The Morgan fingerprint density at radius 1 is 1.05 bits per heavy atom. The fraction of sp³-hybridized carbons (Fsp3) is 0. The van der Waals surface area contributed by atoms with Crippen LogP contribution in [0.1, 0.15) is 5.56 Å². The molecule has 2 aromatic carbocycles. The second kappa shape index (κ2) is 7.95. The van der Waals surface area contributed by atoms with Gasteiger partial charge in [0.15, 0.2) is 0 Å². The van der Waals surface area contributed by atoms with Crippen molar-refractivity contribution in [1.29, 1.82) is 0 Å². The molecule has 1 radical (unpaired) electrons. The number of fused-ring (bicyclic) bond motifs is 1. The van der Waals surface area contributed by atoms with E-state index in [0.717, 1.165) is 18.4 Å². The fourth-order valence-corrected chi connectivity index (χ4v) is 1.85. The maximum Gasteiger partial charge on any atom is 0.318 e. The number of hydrogen-bond acceptors (Lipinski definition) is 3. The van der Waals surface area contributed by atoms with Gasteiger partial charge in [-0.05, 0) is 29.8 Å². The molecule has 3 nitrogen and oxygen atoms in total. The van der Waals surface area contributed by atoms with E-state index in [9.17, 15) is 9.50 Å². The Hall–Kier alpha value is -2.66. The molecule has 0 unspecified atom stereocenters. The van der Waals surface area contributed by atoms with Crippen LogP contribution < -0.4 is 0 Å². The summed E-state index contributed by atoms with van der Waals surface area (Å²) < 4.78 is 12.5. The van der Waals surface area contributed by atoms with Crippen molar-refractivity contribution >= 4 is 24.5 Å². The lowest BCUT2D eigenvalue weighted by Gasteiger charge is -1.96. The molecule has 0 aliphatic heterocycles. The number of pyridine rings is 1. The number of hydrogen-bond donors (Lipinski definition) is 2. The zero-order valence-corrected chi connectivity index (χ0v) is 11.7. The average Bonchev–Trinajstić information content (AvgIpc) is 2.54. The summed E-state index contributed by atoms with van der Waals surface area (Å²) in [5.41, 5.74) is 1.39. The van der Waals surface area contributed by atoms with Crippen molar-refractivity contribution in [3.63, 3.8) is 0 Å². The number of phenolic OH excluding ortho intramolecular Hbond substituents is 1. The summed E-state index contributed by atoms with van der Waals surface area (Å²) in [5.74, 6) is 1.41. The van der Waals surface area contributed by atoms with E-state index in [2.05, 4.69) is 4.98 Å². The molecule has 0 amide bonds. The molecular weight excluding hydrogens is 280 g/mol. The molecule has 3 rings (SSSR count). The van der Waals surface area contributed by atoms with Gasteiger partial charge in [0.2, 0.25) is 0 Å². The summed E-state index contributed by atoms with van der Waals surface area (Å²) in [6, 6.07) is 15.3. The van der Waals surface area contributed by atoms with Gasteiger partial charge in [-0.3, -0.25) is 4.98 Å². The molecule has 0 aliphatic carbocycles. The Balaban J connectivity index is 0.000000160. The van der Waals surface area contributed by atoms with Gasteiger partial charge in [0.05, 0.1) is 0 Å². The van der Waals surface area contributed by atoms with E-state index in [1.54, 1.807) is 36.5 Å². The van der Waals surface area contributed by atoms with E-state index in [-0.39, 0.29) is 11.6 Å². The van der Waals surface area contributed by atoms with E-state index in [1.165, 1.54) is 18.1 Å². The lowest BCUT2D eigenvalue weighted by molar-refractivity contribution is 0.480. The van der Waals surface area contributed by atoms with Crippen LogP contribution in [-0.2, 0) is 0 Å². The van der Waals surface area contributed by atoms with Crippen LogP contribution in [-0.4, -0.2) is 22.6 Å². The highest BCUT2D eigenvalue weighted by Gasteiger charge is 1.96. The van der Waals surface area contributed by atoms with Gasteiger partial charge in [0.1, 0.15) is 17.1 Å². The van der Waals surface area contributed by atoms with Crippen molar-refractivity contribution < 1.29 is 14.5 Å². The zero-order valence-electron chi connectivity index (χ0n) is 11.7. The second-order valence-corrected chi connectivity index (χ2v) is 4.42. The average molecular weight is 294 g/mol. The van der Waals surface area contributed by atoms with Gasteiger partial charge in [-0.25, -0.2) is 4.39 Å². The molecular formula is C17H14BFNO2. The Bertz CT molecular complexity index is 772. The van der Waals surface area contributed by atoms with E-state index in [1.807, 2.05) is 18.2 Å². The lowest BCUT2D eigenvalue weighted by Crippen LogP contribution is -1.79. The summed E-state index contributed by atoms with van der Waals surface area (Å²) in [6.07, 6.45) is 3.28. The van der Waals surface area contributed by atoms with E-state index in [4.69, 9.17) is 5.02 Å². The standard InChI is InChI=1S/C9H7NO.C8H7BFO/c11-8-5-1-3-7-4-2-6-10-9(7)8;10-8-3-1-2-7(6-8)4-5-9-11/h2*1-6,11H. The summed E-state index contributed by atoms with van der Waals surface area (Å²) in [6.45, 7) is 0. The summed E-state index contributed by atoms with van der Waals surface area (Å²) in [4.78, 5) is 4.03. The third kappa shape index (κ3) is 4.43. The van der Waals surface area contributed by atoms with E-state index >= 15 is 0 Å². The van der Waals surface area contributed by atoms with Crippen molar-refractivity contribution in [3.05, 3.63) is 78.2 Å². The van der Waals surface area contributed by atoms with Gasteiger partial charge in [0.25, 0.3) is 0 Å². The molecule has 109 valence electrons. The van der Waals surface area contributed by atoms with Gasteiger partial charge >= 0.3 is 7.48 Å². The molecule has 0 saturated heterocycles. The first-order valence-corrected chi connectivity index (χ1v) is 6.63. The fourth-order valence-electron chi connectivity index (χ4n) is 1.85. The molecule has 1 heterocycles. The number of aromatic hydroxyl groups is 1. The highest BCUT2D eigenvalue weighted by atomic mass is 19.1. The Morgan fingerprint density at radius 3 is 2.55 bits per heavy atom. The van der Waals surface area contributed by atoms with Gasteiger partial charge < -0.3 is 10.1 Å². The summed E-state index contributed by atoms with van der Waals surface area (Å²) in [5, 5.41) is 18.6. The van der Waals surface area contributed by atoms with Crippen LogP contribution in [0, 0.1) is 5.82 Å². The molecule has 0 saturated carbocycles. The monoisotopic (exact) mass is 294 g/mol. The first-order chi connectivity index (χ1) is 10.7. The Labute approximate surface area is 128 Å². The minimum Gasteiger partial charge on any atom is -0.506 e. The first-order valence-electron chi connectivity index (χ1n) is 6.63. The Morgan fingerprint density at radius 2 is 1.82 bits per heavy atom. The number of halogens is 1. The highest BCUT2D eigenvalue weighted by Crippen LogP contribution is 2.20. The number of aromatic nitrogens is 1. The summed E-state index contributed by atoms with van der Waals surface area (Å²) >= 11 is 0. The third-order valence-corrected chi connectivity index (χ3v) is 2.83. The van der Waals surface area contributed by atoms with E-state index in [0.29, 0.717) is 5.52 Å². The maximum atomic E-state index is 12.5. The minimum absolute atomic E-state index is 0.239. The highest BCUT2D eigenvalue weighted by molar-refractivity contribution is 6.33. The molecule has 22 heavy (non-hydrogen) atoms.